The molecule has 17 heavy (non-hydrogen) atoms. The first-order valence-corrected chi connectivity index (χ1v) is 6.65. The van der Waals surface area contributed by atoms with Crippen LogP contribution in [0.5, 0.6) is 0 Å². The Kier molecular flexibility index (Phi) is 2.30. The third kappa shape index (κ3) is 1.59. The predicted molar refractivity (Wildman–Crippen MR) is 59.7 cm³/mol. The molecule has 0 N–H and O–H groups in total. The van der Waals surface area contributed by atoms with E-state index in [9.17, 15) is 13.6 Å². The number of hydrogen-bond donors (Lipinski definition) is 0. The molecule has 3 aliphatic rings. The lowest BCUT2D eigenvalue weighted by molar-refractivity contribution is -0.134. The summed E-state index contributed by atoms with van der Waals surface area (Å²) in [7, 11) is 0. The second kappa shape index (κ2) is 3.42. The molecule has 2 unspecified atom stereocenters. The molecule has 1 spiro atoms. The van der Waals surface area contributed by atoms with Gasteiger partial charge in [0, 0.05) is 19.5 Å². The summed E-state index contributed by atoms with van der Waals surface area (Å²) in [4.78, 5) is 13.7. The molecule has 1 saturated heterocycles. The van der Waals surface area contributed by atoms with Crippen molar-refractivity contribution >= 4 is 5.91 Å². The standard InChI is InChI=1S/C13H19F2NO/c1-2-9-7-16(8-12(9)4-3-5-12)11(17)10-6-13(10,14)15/h9-10H,2-8H2,1H3. The van der Waals surface area contributed by atoms with E-state index in [4.69, 9.17) is 0 Å². The highest BCUT2D eigenvalue weighted by molar-refractivity contribution is 5.83. The summed E-state index contributed by atoms with van der Waals surface area (Å²) in [5.41, 5.74) is 0.286. The zero-order valence-electron chi connectivity index (χ0n) is 10.2. The van der Waals surface area contributed by atoms with E-state index in [2.05, 4.69) is 6.92 Å². The van der Waals surface area contributed by atoms with Crippen LogP contribution in [0.15, 0.2) is 0 Å². The van der Waals surface area contributed by atoms with Crippen LogP contribution in [0.25, 0.3) is 0 Å². The molecule has 1 heterocycles. The van der Waals surface area contributed by atoms with Gasteiger partial charge in [-0.3, -0.25) is 4.79 Å². The Labute approximate surface area is 100 Å². The second-order valence-corrected chi connectivity index (χ2v) is 6.06. The van der Waals surface area contributed by atoms with E-state index in [1.807, 2.05) is 0 Å². The Morgan fingerprint density at radius 3 is 2.41 bits per heavy atom. The lowest BCUT2D eigenvalue weighted by Gasteiger charge is -2.42. The summed E-state index contributed by atoms with van der Waals surface area (Å²) in [6.45, 7) is 3.59. The largest absolute Gasteiger partial charge is 0.341 e. The number of rotatable bonds is 2. The molecule has 3 rings (SSSR count). The first-order chi connectivity index (χ1) is 7.98. The molecule has 96 valence electrons. The van der Waals surface area contributed by atoms with Crippen molar-refractivity contribution in [3.8, 4) is 0 Å². The minimum absolute atomic E-state index is 0.230. The van der Waals surface area contributed by atoms with Crippen LogP contribution >= 0.6 is 0 Å². The van der Waals surface area contributed by atoms with Gasteiger partial charge in [-0.25, -0.2) is 8.78 Å². The molecule has 0 bridgehead atoms. The smallest absolute Gasteiger partial charge is 0.260 e. The molecule has 0 radical (unpaired) electrons. The highest BCUT2D eigenvalue weighted by Gasteiger charge is 2.63. The van der Waals surface area contributed by atoms with Crippen molar-refractivity contribution in [3.63, 3.8) is 0 Å². The first kappa shape index (κ1) is 11.4. The average molecular weight is 243 g/mol. The van der Waals surface area contributed by atoms with Crippen LogP contribution in [0.4, 0.5) is 8.78 Å². The van der Waals surface area contributed by atoms with Crippen LogP contribution in [-0.4, -0.2) is 29.8 Å². The number of hydrogen-bond acceptors (Lipinski definition) is 1. The first-order valence-electron chi connectivity index (χ1n) is 6.65. The molecule has 0 aromatic rings. The van der Waals surface area contributed by atoms with E-state index in [1.54, 1.807) is 4.90 Å². The molecule has 2 atom stereocenters. The summed E-state index contributed by atoms with van der Waals surface area (Å²) in [5.74, 6) is -3.48. The van der Waals surface area contributed by atoms with Gasteiger partial charge in [0.05, 0.1) is 0 Å². The van der Waals surface area contributed by atoms with Gasteiger partial charge in [-0.15, -0.1) is 0 Å². The molecule has 2 saturated carbocycles. The highest BCUT2D eigenvalue weighted by atomic mass is 19.3. The molecular weight excluding hydrogens is 224 g/mol. The number of carbonyl (C=O) groups is 1. The molecule has 4 heteroatoms. The number of halogens is 2. The Morgan fingerprint density at radius 1 is 1.41 bits per heavy atom. The molecule has 1 amide bonds. The predicted octanol–water partition coefficient (Wildman–Crippen LogP) is 2.68. The zero-order valence-corrected chi connectivity index (χ0v) is 10.2. The van der Waals surface area contributed by atoms with Gasteiger partial charge in [-0.05, 0) is 24.2 Å². The number of amides is 1. The van der Waals surface area contributed by atoms with E-state index in [1.165, 1.54) is 19.3 Å². The molecule has 2 nitrogen and oxygen atoms in total. The summed E-state index contributed by atoms with van der Waals surface area (Å²) in [6.07, 6.45) is 4.42. The Hall–Kier alpha value is -0.670. The number of carbonyl (C=O) groups excluding carboxylic acids is 1. The van der Waals surface area contributed by atoms with Crippen LogP contribution in [0.2, 0.25) is 0 Å². The van der Waals surface area contributed by atoms with Crippen molar-refractivity contribution in [2.45, 2.75) is 45.0 Å². The Morgan fingerprint density at radius 2 is 2.06 bits per heavy atom. The molecule has 0 aromatic heterocycles. The van der Waals surface area contributed by atoms with E-state index < -0.39 is 11.8 Å². The molecular formula is C13H19F2NO. The van der Waals surface area contributed by atoms with E-state index >= 15 is 0 Å². The van der Waals surface area contributed by atoms with Gasteiger partial charge < -0.3 is 4.90 Å². The van der Waals surface area contributed by atoms with Crippen molar-refractivity contribution in [2.75, 3.05) is 13.1 Å². The Bertz CT molecular complexity index is 351. The van der Waals surface area contributed by atoms with Crippen molar-refractivity contribution in [1.29, 1.82) is 0 Å². The van der Waals surface area contributed by atoms with Crippen molar-refractivity contribution < 1.29 is 13.6 Å². The van der Waals surface area contributed by atoms with Gasteiger partial charge in [0.1, 0.15) is 5.92 Å². The fourth-order valence-corrected chi connectivity index (χ4v) is 3.66. The monoisotopic (exact) mass is 243 g/mol. The summed E-state index contributed by atoms with van der Waals surface area (Å²) in [5, 5.41) is 0. The lowest BCUT2D eigenvalue weighted by Crippen LogP contribution is -2.38. The van der Waals surface area contributed by atoms with Crippen LogP contribution in [-0.2, 0) is 4.79 Å². The zero-order chi connectivity index (χ0) is 12.3. The summed E-state index contributed by atoms with van der Waals surface area (Å²) in [6, 6.07) is 0. The molecule has 2 aliphatic carbocycles. The minimum atomic E-state index is -2.71. The SMILES string of the molecule is CCC1CN(C(=O)C2CC2(F)F)CC12CCC2. The van der Waals surface area contributed by atoms with Crippen LogP contribution in [0, 0.1) is 17.3 Å². The van der Waals surface area contributed by atoms with Gasteiger partial charge in [0.15, 0.2) is 0 Å². The number of alkyl halides is 2. The van der Waals surface area contributed by atoms with Gasteiger partial charge in [-0.2, -0.15) is 0 Å². The average Bonchev–Trinajstić information content (AvgIpc) is 2.74. The lowest BCUT2D eigenvalue weighted by atomic mass is 9.62. The molecule has 1 aliphatic heterocycles. The van der Waals surface area contributed by atoms with Gasteiger partial charge >= 0.3 is 0 Å². The second-order valence-electron chi connectivity index (χ2n) is 6.06. The maximum atomic E-state index is 12.9. The normalized spacial score (nSPS) is 37.0. The maximum Gasteiger partial charge on any atom is 0.260 e. The Balaban J connectivity index is 1.68. The highest BCUT2D eigenvalue weighted by Crippen LogP contribution is 2.55. The maximum absolute atomic E-state index is 12.9. The molecule has 3 fully saturated rings. The van der Waals surface area contributed by atoms with E-state index in [0.717, 1.165) is 13.0 Å². The van der Waals surface area contributed by atoms with Gasteiger partial charge in [0.2, 0.25) is 5.91 Å². The summed E-state index contributed by atoms with van der Waals surface area (Å²) < 4.78 is 25.8. The van der Waals surface area contributed by atoms with Gasteiger partial charge in [0.25, 0.3) is 5.92 Å². The number of likely N-dealkylation sites (tertiary alicyclic amines) is 1. The topological polar surface area (TPSA) is 20.3 Å². The van der Waals surface area contributed by atoms with Crippen molar-refractivity contribution in [3.05, 3.63) is 0 Å². The quantitative estimate of drug-likeness (QED) is 0.730. The third-order valence-electron chi connectivity index (χ3n) is 5.09. The van der Waals surface area contributed by atoms with Crippen LogP contribution < -0.4 is 0 Å². The van der Waals surface area contributed by atoms with E-state index in [0.29, 0.717) is 12.5 Å². The summed E-state index contributed by atoms with van der Waals surface area (Å²) >= 11 is 0. The fraction of sp³-hybridized carbons (Fsp3) is 0.923. The minimum Gasteiger partial charge on any atom is -0.341 e. The van der Waals surface area contributed by atoms with Crippen LogP contribution in [0.1, 0.15) is 39.0 Å². The fourth-order valence-electron chi connectivity index (χ4n) is 3.66. The third-order valence-corrected chi connectivity index (χ3v) is 5.09. The van der Waals surface area contributed by atoms with Crippen molar-refractivity contribution in [2.24, 2.45) is 17.3 Å². The van der Waals surface area contributed by atoms with Gasteiger partial charge in [-0.1, -0.05) is 19.8 Å². The molecule has 0 aromatic carbocycles. The van der Waals surface area contributed by atoms with Crippen molar-refractivity contribution in [1.82, 2.24) is 4.90 Å². The number of nitrogens with zero attached hydrogens (tertiary/aromatic N) is 1. The van der Waals surface area contributed by atoms with Crippen LogP contribution in [0.3, 0.4) is 0 Å². The van der Waals surface area contributed by atoms with E-state index in [-0.39, 0.29) is 17.7 Å².